The molecule has 20 heavy (non-hydrogen) atoms. The summed E-state index contributed by atoms with van der Waals surface area (Å²) in [6, 6.07) is 0. The zero-order valence-corrected chi connectivity index (χ0v) is 16.1. The van der Waals surface area contributed by atoms with Crippen LogP contribution in [0.15, 0.2) is 35.5 Å². The van der Waals surface area contributed by atoms with Gasteiger partial charge in [-0.05, 0) is 52.9 Å². The molecule has 0 aromatic rings. The third kappa shape index (κ3) is 16.2. The van der Waals surface area contributed by atoms with Crippen LogP contribution in [0.5, 0.6) is 0 Å². The minimum absolute atomic E-state index is 0. The van der Waals surface area contributed by atoms with E-state index in [1.165, 1.54) is 11.1 Å². The number of rotatable bonds is 9. The quantitative estimate of drug-likeness (QED) is 0.362. The molecule has 0 spiro atoms. The predicted molar refractivity (Wildman–Crippen MR) is 80.0 cm³/mol. The van der Waals surface area contributed by atoms with Gasteiger partial charge in [0.25, 0.3) is 0 Å². The van der Waals surface area contributed by atoms with Crippen molar-refractivity contribution in [3.05, 3.63) is 35.5 Å². The van der Waals surface area contributed by atoms with E-state index in [4.69, 9.17) is 0 Å². The summed E-state index contributed by atoms with van der Waals surface area (Å²) in [4.78, 5) is 0. The molecule has 0 saturated heterocycles. The fourth-order valence-electron chi connectivity index (χ4n) is 1.61. The van der Waals surface area contributed by atoms with Crippen LogP contribution in [0.2, 0.25) is 0 Å². The van der Waals surface area contributed by atoms with Gasteiger partial charge in [0.1, 0.15) is 0 Å². The van der Waals surface area contributed by atoms with E-state index in [1.807, 2.05) is 0 Å². The maximum absolute atomic E-state index is 10.5. The van der Waals surface area contributed by atoms with Crippen LogP contribution >= 0.6 is 0 Å². The average Bonchev–Trinajstić information content (AvgIpc) is 2.25. The van der Waals surface area contributed by atoms with E-state index >= 15 is 0 Å². The Morgan fingerprint density at radius 2 is 1.60 bits per heavy atom. The first kappa shape index (κ1) is 22.4. The van der Waals surface area contributed by atoms with Gasteiger partial charge in [-0.15, -0.1) is 0 Å². The standard InChI is InChI=1S/C15H26O3S.Na/c1-13(2)7-5-8-14(3)9-6-10-15(4)11-12-19(16,17)18;/h7,9H,4-6,8,10-12H2,1-3H3,(H,16,17,18);/q;+1/p-1/b14-9+;. The van der Waals surface area contributed by atoms with E-state index in [1.54, 1.807) is 0 Å². The summed E-state index contributed by atoms with van der Waals surface area (Å²) in [6.45, 7) is 10.1. The van der Waals surface area contributed by atoms with Crippen LogP contribution < -0.4 is 29.6 Å². The molecule has 3 nitrogen and oxygen atoms in total. The Balaban J connectivity index is 0. The van der Waals surface area contributed by atoms with Crippen LogP contribution in [0.25, 0.3) is 0 Å². The van der Waals surface area contributed by atoms with Crippen LogP contribution in [0.1, 0.15) is 52.9 Å². The Bertz CT molecular complexity index is 444. The van der Waals surface area contributed by atoms with Crippen molar-refractivity contribution in [1.82, 2.24) is 0 Å². The molecular formula is C15H25NaO3S. The minimum Gasteiger partial charge on any atom is -0.748 e. The molecule has 0 aliphatic rings. The van der Waals surface area contributed by atoms with E-state index in [-0.39, 0.29) is 41.7 Å². The number of allylic oxidation sites excluding steroid dienone is 5. The molecule has 0 amide bonds. The molecule has 0 aliphatic carbocycles. The molecule has 0 heterocycles. The Morgan fingerprint density at radius 3 is 2.10 bits per heavy atom. The van der Waals surface area contributed by atoms with Gasteiger partial charge in [0.15, 0.2) is 0 Å². The Morgan fingerprint density at radius 1 is 1.05 bits per heavy atom. The largest absolute Gasteiger partial charge is 1.00 e. The third-order valence-electron chi connectivity index (χ3n) is 2.79. The molecule has 0 aromatic heterocycles. The molecular weight excluding hydrogens is 283 g/mol. The van der Waals surface area contributed by atoms with Crippen molar-refractivity contribution in [2.75, 3.05) is 5.75 Å². The zero-order valence-electron chi connectivity index (χ0n) is 13.2. The fourth-order valence-corrected chi connectivity index (χ4v) is 2.15. The Labute approximate surface area is 146 Å². The summed E-state index contributed by atoms with van der Waals surface area (Å²) in [7, 11) is -4.11. The second-order valence-electron chi connectivity index (χ2n) is 5.17. The van der Waals surface area contributed by atoms with Crippen molar-refractivity contribution in [3.8, 4) is 0 Å². The van der Waals surface area contributed by atoms with Crippen molar-refractivity contribution in [2.45, 2.75) is 52.9 Å². The summed E-state index contributed by atoms with van der Waals surface area (Å²) < 4.78 is 31.4. The first-order chi connectivity index (χ1) is 8.70. The molecule has 110 valence electrons. The first-order valence-electron chi connectivity index (χ1n) is 6.60. The van der Waals surface area contributed by atoms with Crippen LogP contribution in [0.4, 0.5) is 0 Å². The van der Waals surface area contributed by atoms with Gasteiger partial charge in [0.2, 0.25) is 0 Å². The molecule has 0 unspecified atom stereocenters. The summed E-state index contributed by atoms with van der Waals surface area (Å²) >= 11 is 0. The van der Waals surface area contributed by atoms with Crippen molar-refractivity contribution in [1.29, 1.82) is 0 Å². The molecule has 0 bridgehead atoms. The van der Waals surface area contributed by atoms with Crippen LogP contribution in [0.3, 0.4) is 0 Å². The first-order valence-corrected chi connectivity index (χ1v) is 8.17. The molecule has 0 aliphatic heterocycles. The third-order valence-corrected chi connectivity index (χ3v) is 3.49. The van der Waals surface area contributed by atoms with Gasteiger partial charge in [-0.25, -0.2) is 8.42 Å². The molecule has 0 fully saturated rings. The maximum atomic E-state index is 10.5. The van der Waals surface area contributed by atoms with Gasteiger partial charge in [-0.1, -0.05) is 35.5 Å². The smallest absolute Gasteiger partial charge is 0.748 e. The number of hydrogen-bond donors (Lipinski definition) is 0. The topological polar surface area (TPSA) is 57.2 Å². The van der Waals surface area contributed by atoms with Crippen LogP contribution in [-0.4, -0.2) is 18.7 Å². The van der Waals surface area contributed by atoms with Gasteiger partial charge in [-0.3, -0.25) is 0 Å². The van der Waals surface area contributed by atoms with E-state index in [2.05, 4.69) is 39.5 Å². The second kappa shape index (κ2) is 11.8. The average molecular weight is 308 g/mol. The Kier molecular flexibility index (Phi) is 13.2. The van der Waals surface area contributed by atoms with Crippen LogP contribution in [-0.2, 0) is 10.1 Å². The molecule has 0 N–H and O–H groups in total. The van der Waals surface area contributed by atoms with Gasteiger partial charge in [-0.2, -0.15) is 0 Å². The normalized spacial score (nSPS) is 11.7. The second-order valence-corrected chi connectivity index (χ2v) is 6.69. The van der Waals surface area contributed by atoms with Crippen LogP contribution in [0, 0.1) is 0 Å². The monoisotopic (exact) mass is 308 g/mol. The molecule has 0 saturated carbocycles. The van der Waals surface area contributed by atoms with Gasteiger partial charge >= 0.3 is 29.6 Å². The summed E-state index contributed by atoms with van der Waals surface area (Å²) in [6.07, 6.45) is 8.36. The van der Waals surface area contributed by atoms with Crippen molar-refractivity contribution in [2.24, 2.45) is 0 Å². The van der Waals surface area contributed by atoms with E-state index in [0.29, 0.717) is 0 Å². The van der Waals surface area contributed by atoms with E-state index in [0.717, 1.165) is 31.3 Å². The molecule has 0 radical (unpaired) electrons. The van der Waals surface area contributed by atoms with Gasteiger partial charge in [0.05, 0.1) is 10.1 Å². The van der Waals surface area contributed by atoms with Gasteiger partial charge in [0, 0.05) is 5.75 Å². The Hall–Kier alpha value is 0.130. The van der Waals surface area contributed by atoms with Crippen molar-refractivity contribution < 1.29 is 42.5 Å². The van der Waals surface area contributed by atoms with Gasteiger partial charge < -0.3 is 4.55 Å². The maximum Gasteiger partial charge on any atom is 1.00 e. The SMILES string of the molecule is C=C(CC/C=C(\C)CCC=C(C)C)CCS(=O)(=O)[O-].[Na+]. The minimum atomic E-state index is -4.11. The molecule has 0 atom stereocenters. The summed E-state index contributed by atoms with van der Waals surface area (Å²) in [5.74, 6) is -0.338. The van der Waals surface area contributed by atoms with E-state index < -0.39 is 10.1 Å². The summed E-state index contributed by atoms with van der Waals surface area (Å²) in [5.41, 5.74) is 3.49. The van der Waals surface area contributed by atoms with Crippen molar-refractivity contribution in [3.63, 3.8) is 0 Å². The predicted octanol–water partition coefficient (Wildman–Crippen LogP) is 0.955. The van der Waals surface area contributed by atoms with Crippen molar-refractivity contribution >= 4 is 10.1 Å². The van der Waals surface area contributed by atoms with E-state index in [9.17, 15) is 13.0 Å². The molecule has 0 aromatic carbocycles. The number of hydrogen-bond acceptors (Lipinski definition) is 3. The molecule has 5 heteroatoms. The zero-order chi connectivity index (χ0) is 14.9. The molecule has 0 rings (SSSR count). The summed E-state index contributed by atoms with van der Waals surface area (Å²) in [5, 5.41) is 0. The fraction of sp³-hybridized carbons (Fsp3) is 0.600.